The van der Waals surface area contributed by atoms with Gasteiger partial charge in [0, 0.05) is 5.56 Å². The van der Waals surface area contributed by atoms with Crippen molar-refractivity contribution in [3.8, 4) is 22.7 Å². The Labute approximate surface area is 146 Å². The molecule has 2 heterocycles. The van der Waals surface area contributed by atoms with Crippen LogP contribution < -0.4 is 26.3 Å². The largest absolute Gasteiger partial charge is 1.00 e. The predicted octanol–water partition coefficient (Wildman–Crippen LogP) is 0.391. The highest BCUT2D eigenvalue weighted by Gasteiger charge is 2.29. The Morgan fingerprint density at radius 3 is 2.43 bits per heavy atom. The summed E-state index contributed by atoms with van der Waals surface area (Å²) in [4.78, 5) is 0. The van der Waals surface area contributed by atoms with Crippen molar-refractivity contribution in [2.24, 2.45) is 0 Å². The van der Waals surface area contributed by atoms with Crippen LogP contribution in [0.2, 0.25) is 0 Å². The fraction of sp³-hybridized carbons (Fsp3) is 0.211. The molecule has 2 aromatic carbocycles. The first-order valence-electron chi connectivity index (χ1n) is 7.71. The van der Waals surface area contributed by atoms with Gasteiger partial charge in [-0.15, -0.1) is 0 Å². The van der Waals surface area contributed by atoms with E-state index in [1.54, 1.807) is 7.11 Å². The van der Waals surface area contributed by atoms with Crippen molar-refractivity contribution in [3.63, 3.8) is 0 Å². The van der Waals surface area contributed by atoms with Crippen LogP contribution in [-0.4, -0.2) is 11.7 Å². The molecule has 0 unspecified atom stereocenters. The highest BCUT2D eigenvalue weighted by atomic mass is 79.9. The Morgan fingerprint density at radius 1 is 1.00 bits per heavy atom. The van der Waals surface area contributed by atoms with Gasteiger partial charge in [0.2, 0.25) is 0 Å². The molecule has 0 radical (unpaired) electrons. The van der Waals surface area contributed by atoms with Gasteiger partial charge in [0.05, 0.1) is 20.1 Å². The fourth-order valence-corrected chi connectivity index (χ4v) is 3.24. The summed E-state index contributed by atoms with van der Waals surface area (Å²) >= 11 is 0. The lowest BCUT2D eigenvalue weighted by atomic mass is 10.2. The summed E-state index contributed by atoms with van der Waals surface area (Å²) in [5.74, 6) is 2.27. The fourth-order valence-electron chi connectivity index (χ4n) is 3.24. The summed E-state index contributed by atoms with van der Waals surface area (Å²) in [5, 5.41) is 0. The SMILES string of the molecule is COc1ccc(-n2cc(-c3ccccc3)[n+]3c2CCC3)cc1.[Br-]. The molecule has 0 spiro atoms. The normalized spacial score (nSPS) is 12.6. The van der Waals surface area contributed by atoms with Crippen molar-refractivity contribution in [2.45, 2.75) is 19.4 Å². The number of hydrogen-bond acceptors (Lipinski definition) is 1. The van der Waals surface area contributed by atoms with E-state index in [0.29, 0.717) is 0 Å². The second-order valence-electron chi connectivity index (χ2n) is 5.62. The molecule has 0 saturated carbocycles. The van der Waals surface area contributed by atoms with Crippen LogP contribution in [0.3, 0.4) is 0 Å². The average Bonchev–Trinajstić information content (AvgIpc) is 3.18. The lowest BCUT2D eigenvalue weighted by Gasteiger charge is -2.01. The van der Waals surface area contributed by atoms with Gasteiger partial charge < -0.3 is 21.7 Å². The number of fused-ring (bicyclic) bond motifs is 1. The van der Waals surface area contributed by atoms with Crippen LogP contribution in [0.25, 0.3) is 16.9 Å². The minimum absolute atomic E-state index is 0. The van der Waals surface area contributed by atoms with E-state index >= 15 is 0 Å². The van der Waals surface area contributed by atoms with Crippen LogP contribution >= 0.6 is 0 Å². The molecule has 4 rings (SSSR count). The third-order valence-corrected chi connectivity index (χ3v) is 4.33. The van der Waals surface area contributed by atoms with Crippen LogP contribution in [0, 0.1) is 0 Å². The van der Waals surface area contributed by atoms with Gasteiger partial charge in [-0.05, 0) is 30.7 Å². The zero-order valence-corrected chi connectivity index (χ0v) is 14.7. The van der Waals surface area contributed by atoms with Crippen molar-refractivity contribution in [1.29, 1.82) is 0 Å². The smallest absolute Gasteiger partial charge is 0.262 e. The molecule has 0 amide bonds. The van der Waals surface area contributed by atoms with Crippen LogP contribution in [0.1, 0.15) is 12.2 Å². The van der Waals surface area contributed by atoms with E-state index in [9.17, 15) is 0 Å². The first-order chi connectivity index (χ1) is 10.9. The number of imidazole rings is 1. The molecule has 1 aliphatic heterocycles. The van der Waals surface area contributed by atoms with Crippen LogP contribution in [0.15, 0.2) is 60.8 Å². The number of benzene rings is 2. The van der Waals surface area contributed by atoms with Gasteiger partial charge in [-0.3, -0.25) is 0 Å². The molecule has 0 fully saturated rings. The minimum atomic E-state index is 0. The topological polar surface area (TPSA) is 18.0 Å². The van der Waals surface area contributed by atoms with Gasteiger partial charge in [0.1, 0.15) is 17.6 Å². The number of hydrogen-bond donors (Lipinski definition) is 0. The number of rotatable bonds is 3. The van der Waals surface area contributed by atoms with E-state index in [2.05, 4.69) is 57.8 Å². The van der Waals surface area contributed by atoms with Crippen LogP contribution in [0.4, 0.5) is 0 Å². The third kappa shape index (κ3) is 2.79. The summed E-state index contributed by atoms with van der Waals surface area (Å²) in [6, 6.07) is 18.9. The van der Waals surface area contributed by atoms with Gasteiger partial charge in [0.15, 0.2) is 5.69 Å². The van der Waals surface area contributed by atoms with E-state index in [1.807, 2.05) is 12.1 Å². The first kappa shape index (κ1) is 15.8. The Balaban J connectivity index is 0.00000156. The summed E-state index contributed by atoms with van der Waals surface area (Å²) in [7, 11) is 1.70. The van der Waals surface area contributed by atoms with E-state index in [-0.39, 0.29) is 17.0 Å². The molecule has 1 aliphatic rings. The van der Waals surface area contributed by atoms with Crippen LogP contribution in [-0.2, 0) is 13.0 Å². The van der Waals surface area contributed by atoms with E-state index in [0.717, 1.165) is 18.7 Å². The number of halogens is 1. The molecule has 0 bridgehead atoms. The highest BCUT2D eigenvalue weighted by molar-refractivity contribution is 5.56. The van der Waals surface area contributed by atoms with Crippen molar-refractivity contribution in [1.82, 2.24) is 4.57 Å². The maximum absolute atomic E-state index is 5.26. The maximum atomic E-state index is 5.26. The monoisotopic (exact) mass is 370 g/mol. The van der Waals surface area contributed by atoms with E-state index in [1.165, 1.54) is 29.2 Å². The molecule has 0 saturated heterocycles. The molecule has 1 aromatic heterocycles. The summed E-state index contributed by atoms with van der Waals surface area (Å²) in [6.07, 6.45) is 4.59. The number of aromatic nitrogens is 2. The van der Waals surface area contributed by atoms with Gasteiger partial charge in [0.25, 0.3) is 5.82 Å². The Bertz CT molecular complexity index is 794. The molecular formula is C19H19BrN2O. The molecule has 118 valence electrons. The second kappa shape index (κ2) is 6.59. The van der Waals surface area contributed by atoms with Gasteiger partial charge >= 0.3 is 0 Å². The van der Waals surface area contributed by atoms with Gasteiger partial charge in [-0.25, -0.2) is 4.57 Å². The van der Waals surface area contributed by atoms with Crippen LogP contribution in [0.5, 0.6) is 5.75 Å². The number of methoxy groups -OCH3 is 1. The standard InChI is InChI=1S/C19H19N2O.BrH/c1-22-17-11-9-16(10-12-17)21-14-18(15-6-3-2-4-7-15)20-13-5-8-19(20)21;/h2-4,6-7,9-12,14H,5,8,13H2,1H3;1H/q+1;/p-1. The quantitative estimate of drug-likeness (QED) is 0.610. The zero-order valence-electron chi connectivity index (χ0n) is 13.1. The highest BCUT2D eigenvalue weighted by Crippen LogP contribution is 2.24. The Morgan fingerprint density at radius 2 is 1.74 bits per heavy atom. The summed E-state index contributed by atoms with van der Waals surface area (Å²) < 4.78 is 10.0. The van der Waals surface area contributed by atoms with E-state index in [4.69, 9.17) is 4.74 Å². The first-order valence-corrected chi connectivity index (χ1v) is 7.71. The maximum Gasteiger partial charge on any atom is 0.262 e. The van der Waals surface area contributed by atoms with Gasteiger partial charge in [-0.1, -0.05) is 30.3 Å². The Kier molecular flexibility index (Phi) is 4.53. The average molecular weight is 371 g/mol. The zero-order chi connectivity index (χ0) is 14.9. The van der Waals surface area contributed by atoms with Crippen molar-refractivity contribution >= 4 is 0 Å². The lowest BCUT2D eigenvalue weighted by molar-refractivity contribution is -0.679. The molecule has 0 N–H and O–H groups in total. The van der Waals surface area contributed by atoms with Crippen molar-refractivity contribution in [3.05, 3.63) is 66.6 Å². The number of nitrogens with zero attached hydrogens (tertiary/aromatic N) is 2. The Hall–Kier alpha value is -2.07. The molecule has 23 heavy (non-hydrogen) atoms. The molecule has 0 aliphatic carbocycles. The molecule has 3 nitrogen and oxygen atoms in total. The molecule has 3 aromatic rings. The molecule has 0 atom stereocenters. The van der Waals surface area contributed by atoms with E-state index < -0.39 is 0 Å². The predicted molar refractivity (Wildman–Crippen MR) is 86.3 cm³/mol. The van der Waals surface area contributed by atoms with Gasteiger partial charge in [-0.2, -0.15) is 4.57 Å². The lowest BCUT2D eigenvalue weighted by Crippen LogP contribution is -3.00. The summed E-state index contributed by atoms with van der Waals surface area (Å²) in [5.41, 5.74) is 3.76. The van der Waals surface area contributed by atoms with Crippen molar-refractivity contribution in [2.75, 3.05) is 7.11 Å². The minimum Gasteiger partial charge on any atom is -1.00 e. The second-order valence-corrected chi connectivity index (χ2v) is 5.62. The third-order valence-electron chi connectivity index (χ3n) is 4.33. The molecule has 4 heteroatoms. The van der Waals surface area contributed by atoms with Crippen molar-refractivity contribution < 1.29 is 26.3 Å². The molecular weight excluding hydrogens is 352 g/mol. The summed E-state index contributed by atoms with van der Waals surface area (Å²) in [6.45, 7) is 1.10. The number of ether oxygens (including phenoxy) is 1.